The normalized spacial score (nSPS) is 14.8. The molecule has 0 aliphatic rings. The lowest BCUT2D eigenvalue weighted by Gasteiger charge is -2.36. The van der Waals surface area contributed by atoms with Crippen LogP contribution in [0.1, 0.15) is 157 Å². The van der Waals surface area contributed by atoms with Crippen molar-refractivity contribution in [2.75, 3.05) is 91.6 Å². The molecule has 10 atom stereocenters. The summed E-state index contributed by atoms with van der Waals surface area (Å²) in [6.45, 7) is 21.0. The highest BCUT2D eigenvalue weighted by Crippen LogP contribution is 2.15. The number of hydrogen-bond acceptors (Lipinski definition) is 15. The Morgan fingerprint density at radius 3 is 0.768 bits per heavy atom. The van der Waals surface area contributed by atoms with Gasteiger partial charge in [-0.05, 0) is 108 Å². The molecule has 0 aromatic carbocycles. The van der Waals surface area contributed by atoms with Crippen LogP contribution in [0.25, 0.3) is 0 Å². The van der Waals surface area contributed by atoms with Crippen molar-refractivity contribution in [1.82, 2.24) is 49.4 Å². The number of nitrogens with one attached hydrogen (secondary N) is 1. The number of aliphatic hydroxyl groups is 4. The molecular weight excluding hydrogens is 1060 g/mol. The van der Waals surface area contributed by atoms with Crippen LogP contribution in [0.3, 0.4) is 0 Å². The topological polar surface area (TPSA) is 319 Å². The summed E-state index contributed by atoms with van der Waals surface area (Å²) in [5, 5.41) is 45.2. The van der Waals surface area contributed by atoms with Gasteiger partial charge in [0, 0.05) is 62.4 Å². The van der Waals surface area contributed by atoms with Crippen LogP contribution in [-0.2, 0) is 47.9 Å². The van der Waals surface area contributed by atoms with Crippen molar-refractivity contribution in [3.63, 3.8) is 0 Å². The van der Waals surface area contributed by atoms with Crippen molar-refractivity contribution < 1.29 is 68.4 Å². The van der Waals surface area contributed by atoms with E-state index in [-0.39, 0.29) is 77.3 Å². The number of carbonyl (C=O) groups is 10. The van der Waals surface area contributed by atoms with Gasteiger partial charge in [-0.3, -0.25) is 47.9 Å². The third kappa shape index (κ3) is 28.2. The largest absolute Gasteiger partial charge is 0.392 e. The van der Waals surface area contributed by atoms with Gasteiger partial charge in [-0.25, -0.2) is 0 Å². The van der Waals surface area contributed by atoms with E-state index in [0.29, 0.717) is 32.1 Å². The molecule has 0 unspecified atom stereocenters. The maximum atomic E-state index is 14.5. The first-order chi connectivity index (χ1) is 37.7. The number of rotatable bonds is 40. The van der Waals surface area contributed by atoms with Crippen LogP contribution >= 0.6 is 0 Å². The number of carbonyl (C=O) groups excluding carboxylic acids is 10. The molecule has 0 aromatic heterocycles. The van der Waals surface area contributed by atoms with Crippen LogP contribution in [0.2, 0.25) is 0 Å². The predicted octanol–water partition coefficient (Wildman–Crippen LogP) is 0.469. The number of amides is 10. The Bertz CT molecular complexity index is 2010. The van der Waals surface area contributed by atoms with Crippen LogP contribution in [-0.4, -0.2) is 276 Å². The van der Waals surface area contributed by atoms with E-state index in [1.165, 1.54) is 52.2 Å². The van der Waals surface area contributed by atoms with E-state index in [2.05, 4.69) is 5.32 Å². The van der Waals surface area contributed by atoms with Crippen molar-refractivity contribution in [2.24, 2.45) is 5.73 Å². The maximum Gasteiger partial charge on any atom is 0.242 e. The van der Waals surface area contributed by atoms with Gasteiger partial charge in [0.2, 0.25) is 59.1 Å². The molecule has 0 saturated heterocycles. The number of nitrogens with zero attached hydrogens (tertiary/aromatic N) is 9. The summed E-state index contributed by atoms with van der Waals surface area (Å²) in [7, 11) is 0. The summed E-state index contributed by atoms with van der Waals surface area (Å²) < 4.78 is 0. The van der Waals surface area contributed by atoms with E-state index < -0.39 is 142 Å². The zero-order valence-electron chi connectivity index (χ0n) is 51.9. The fourth-order valence-electron chi connectivity index (χ4n) is 8.52. The average Bonchev–Trinajstić information content (AvgIpc) is 3.39. The highest BCUT2D eigenvalue weighted by molar-refractivity contribution is 5.94. The summed E-state index contributed by atoms with van der Waals surface area (Å²) in [6.07, 6.45) is -1.60. The molecule has 0 rings (SSSR count). The smallest absolute Gasteiger partial charge is 0.242 e. The van der Waals surface area contributed by atoms with Crippen LogP contribution in [0.15, 0.2) is 0 Å². The van der Waals surface area contributed by atoms with Gasteiger partial charge in [0.15, 0.2) is 0 Å². The van der Waals surface area contributed by atoms with Gasteiger partial charge in [-0.2, -0.15) is 0 Å². The van der Waals surface area contributed by atoms with E-state index in [9.17, 15) is 68.4 Å². The van der Waals surface area contributed by atoms with Crippen molar-refractivity contribution in [2.45, 2.75) is 217 Å². The minimum Gasteiger partial charge on any atom is -0.392 e. The molecule has 476 valence electrons. The average molecular weight is 1170 g/mol. The molecule has 25 heteroatoms. The van der Waals surface area contributed by atoms with E-state index in [1.54, 1.807) is 55.4 Å². The SMILES string of the molecule is C.CC[C@@H](C)NCC(=O)N(CC(=O)N(CC(=O)N(CC(=O)N(CC(=O)N(CC(=O)N(CC(=O)N(CC(=O)N(CC(=O)N(CC(N)=O)[C@@H](C)CC)[C@H](C)CC)C[C@H](C)O)C[C@H](C)O)[C@@H](C)CC)[C@H](C)CC)C[C@H](C)O)C[C@H](C)O)[C@@H](C)CC. The molecule has 0 heterocycles. The number of hydrogen-bond donors (Lipinski definition) is 6. The summed E-state index contributed by atoms with van der Waals surface area (Å²) in [6, 6.07) is -2.37. The van der Waals surface area contributed by atoms with Crippen LogP contribution in [0, 0.1) is 0 Å². The van der Waals surface area contributed by atoms with Gasteiger partial charge in [0.25, 0.3) is 0 Å². The number of nitrogens with two attached hydrogens (primary N) is 1. The Kier molecular flexibility index (Phi) is 38.2. The zero-order valence-corrected chi connectivity index (χ0v) is 51.9. The van der Waals surface area contributed by atoms with Crippen LogP contribution < -0.4 is 11.1 Å². The predicted molar refractivity (Wildman–Crippen MR) is 314 cm³/mol. The summed E-state index contributed by atoms with van der Waals surface area (Å²) >= 11 is 0. The third-order valence-corrected chi connectivity index (χ3v) is 14.6. The lowest BCUT2D eigenvalue weighted by molar-refractivity contribution is -0.152. The van der Waals surface area contributed by atoms with Gasteiger partial charge in [-0.1, -0.05) is 49.0 Å². The molecule has 0 bridgehead atoms. The Labute approximate surface area is 490 Å². The third-order valence-electron chi connectivity index (χ3n) is 14.6. The fourth-order valence-corrected chi connectivity index (χ4v) is 8.52. The van der Waals surface area contributed by atoms with Crippen molar-refractivity contribution in [3.8, 4) is 0 Å². The first-order valence-corrected chi connectivity index (χ1v) is 29.1. The van der Waals surface area contributed by atoms with Gasteiger partial charge >= 0.3 is 0 Å². The van der Waals surface area contributed by atoms with Crippen molar-refractivity contribution in [3.05, 3.63) is 0 Å². The zero-order chi connectivity index (χ0) is 62.6. The molecule has 0 radical (unpaired) electrons. The van der Waals surface area contributed by atoms with E-state index in [0.717, 1.165) is 26.0 Å². The van der Waals surface area contributed by atoms with Crippen molar-refractivity contribution in [1.29, 1.82) is 0 Å². The molecule has 7 N–H and O–H groups in total. The molecule has 0 aromatic rings. The molecule has 0 saturated carbocycles. The lowest BCUT2D eigenvalue weighted by Crippen LogP contribution is -2.56. The highest BCUT2D eigenvalue weighted by Gasteiger charge is 2.35. The molecule has 0 fully saturated rings. The first-order valence-electron chi connectivity index (χ1n) is 29.1. The Morgan fingerprint density at radius 2 is 0.537 bits per heavy atom. The minimum atomic E-state index is -1.17. The van der Waals surface area contributed by atoms with Crippen LogP contribution in [0.4, 0.5) is 0 Å². The molecule has 82 heavy (non-hydrogen) atoms. The van der Waals surface area contributed by atoms with E-state index in [4.69, 9.17) is 5.73 Å². The fraction of sp³-hybridized carbons (Fsp3) is 0.825. The minimum absolute atomic E-state index is 0. The Balaban J connectivity index is 0. The molecule has 0 aliphatic carbocycles. The standard InChI is InChI=1S/C56H105N11O14.CH4/c1-17-37(7)58-23-48(73)64(39(9)19-3)33-51(76)59(24-43(13)68)29-49(74)62(27-46(16)71)32-54(79)67(42(12)22-6)36-56(81)65(40(10)20-4)34-52(77)60(25-44(14)69)30-50(75)61(26-45(15)70)31-53(78)66(41(11)21-5)35-55(80)63(28-47(57)72)38(8)18-2;/h37-46,58,68-71H,17-36H2,1-16H3,(H2,57,72);1H4/t37-,38+,39+,40+,41-,42-,43+,44+,45+,46+;/m1./s1. The Morgan fingerprint density at radius 1 is 0.329 bits per heavy atom. The molecule has 25 nitrogen and oxygen atoms in total. The lowest BCUT2D eigenvalue weighted by atomic mass is 10.1. The summed E-state index contributed by atoms with van der Waals surface area (Å²) in [4.78, 5) is 149. The number of primary amides is 1. The second-order valence-electron chi connectivity index (χ2n) is 22.0. The van der Waals surface area contributed by atoms with Gasteiger partial charge in [0.05, 0.1) is 63.7 Å². The second-order valence-corrected chi connectivity index (χ2v) is 22.0. The summed E-state index contributed by atoms with van der Waals surface area (Å²) in [5.74, 6) is -6.53. The maximum absolute atomic E-state index is 14.5. The number of aliphatic hydroxyl groups excluding tert-OH is 4. The Hall–Kier alpha value is -5.50. The van der Waals surface area contributed by atoms with Gasteiger partial charge in [-0.15, -0.1) is 0 Å². The van der Waals surface area contributed by atoms with Gasteiger partial charge in [0.1, 0.15) is 26.2 Å². The molecule has 0 aliphatic heterocycles. The molecule has 0 spiro atoms. The van der Waals surface area contributed by atoms with Gasteiger partial charge < -0.3 is 75.6 Å². The summed E-state index contributed by atoms with van der Waals surface area (Å²) in [5.41, 5.74) is 5.44. The van der Waals surface area contributed by atoms with Crippen LogP contribution in [0.5, 0.6) is 0 Å². The monoisotopic (exact) mass is 1170 g/mol. The van der Waals surface area contributed by atoms with Crippen molar-refractivity contribution >= 4 is 59.1 Å². The molecular formula is C57H109N11O14. The quantitative estimate of drug-likeness (QED) is 0.0486. The molecule has 10 amide bonds. The second kappa shape index (κ2) is 39.9. The van der Waals surface area contributed by atoms with E-state index in [1.807, 2.05) is 27.7 Å². The van der Waals surface area contributed by atoms with E-state index >= 15 is 0 Å². The highest BCUT2D eigenvalue weighted by atomic mass is 16.3. The first kappa shape index (κ1) is 78.6.